The third-order valence-electron chi connectivity index (χ3n) is 5.39. The van der Waals surface area contributed by atoms with Crippen LogP contribution in [-0.4, -0.2) is 29.1 Å². The van der Waals surface area contributed by atoms with Crippen LogP contribution in [0.15, 0.2) is 51.7 Å². The van der Waals surface area contributed by atoms with Crippen LogP contribution in [0.4, 0.5) is 0 Å². The first-order chi connectivity index (χ1) is 14.7. The molecule has 0 aliphatic heterocycles. The molecule has 162 valence electrons. The van der Waals surface area contributed by atoms with Gasteiger partial charge in [0.15, 0.2) is 6.10 Å². The van der Waals surface area contributed by atoms with Crippen molar-refractivity contribution < 1.29 is 23.8 Å². The largest absolute Gasteiger partial charge is 0.480 e. The van der Waals surface area contributed by atoms with Crippen LogP contribution in [0.25, 0.3) is 11.0 Å². The highest BCUT2D eigenvalue weighted by molar-refractivity contribution is 5.87. The SMILES string of the molecule is Cc1c(C)c2ccc(O[C@@H](C)C(=O)N[C@@H](Cc3ccccc3)C(=O)O)c(C)c2oc1=O. The highest BCUT2D eigenvalue weighted by atomic mass is 16.5. The lowest BCUT2D eigenvalue weighted by atomic mass is 10.0. The van der Waals surface area contributed by atoms with Crippen LogP contribution in [0.5, 0.6) is 5.75 Å². The molecule has 3 rings (SSSR count). The summed E-state index contributed by atoms with van der Waals surface area (Å²) >= 11 is 0. The second-order valence-electron chi connectivity index (χ2n) is 7.55. The van der Waals surface area contributed by atoms with E-state index in [0.29, 0.717) is 22.5 Å². The van der Waals surface area contributed by atoms with E-state index in [9.17, 15) is 19.5 Å². The molecule has 1 aromatic heterocycles. The number of rotatable bonds is 7. The molecule has 0 aliphatic carbocycles. The van der Waals surface area contributed by atoms with Crippen molar-refractivity contribution in [2.24, 2.45) is 0 Å². The monoisotopic (exact) mass is 423 g/mol. The van der Waals surface area contributed by atoms with E-state index < -0.39 is 29.6 Å². The highest BCUT2D eigenvalue weighted by Gasteiger charge is 2.25. The Hall–Kier alpha value is -3.61. The van der Waals surface area contributed by atoms with Gasteiger partial charge in [0.05, 0.1) is 0 Å². The van der Waals surface area contributed by atoms with E-state index in [1.807, 2.05) is 25.1 Å². The zero-order valence-electron chi connectivity index (χ0n) is 17.9. The molecule has 7 nitrogen and oxygen atoms in total. The van der Waals surface area contributed by atoms with Crippen molar-refractivity contribution in [3.8, 4) is 5.75 Å². The molecule has 0 saturated carbocycles. The molecule has 0 fully saturated rings. The number of ether oxygens (including phenoxy) is 1. The van der Waals surface area contributed by atoms with Crippen molar-refractivity contribution >= 4 is 22.8 Å². The van der Waals surface area contributed by atoms with Gasteiger partial charge in [0.1, 0.15) is 17.4 Å². The Morgan fingerprint density at radius 3 is 2.35 bits per heavy atom. The maximum Gasteiger partial charge on any atom is 0.339 e. The number of carboxylic acid groups (broad SMARTS) is 1. The first-order valence-electron chi connectivity index (χ1n) is 9.96. The highest BCUT2D eigenvalue weighted by Crippen LogP contribution is 2.29. The molecular formula is C24H25NO6. The van der Waals surface area contributed by atoms with Gasteiger partial charge in [0.25, 0.3) is 5.91 Å². The predicted molar refractivity (Wildman–Crippen MR) is 116 cm³/mol. The second-order valence-corrected chi connectivity index (χ2v) is 7.55. The lowest BCUT2D eigenvalue weighted by Crippen LogP contribution is -2.47. The molecule has 31 heavy (non-hydrogen) atoms. The number of fused-ring (bicyclic) bond motifs is 1. The first-order valence-corrected chi connectivity index (χ1v) is 9.96. The van der Waals surface area contributed by atoms with Crippen LogP contribution in [-0.2, 0) is 16.0 Å². The molecule has 2 atom stereocenters. The summed E-state index contributed by atoms with van der Waals surface area (Å²) in [6.45, 7) is 6.84. The van der Waals surface area contributed by atoms with Gasteiger partial charge in [-0.3, -0.25) is 4.79 Å². The molecule has 2 aromatic carbocycles. The molecule has 0 radical (unpaired) electrons. The fourth-order valence-electron chi connectivity index (χ4n) is 3.34. The van der Waals surface area contributed by atoms with Gasteiger partial charge in [-0.2, -0.15) is 0 Å². The van der Waals surface area contributed by atoms with Crippen molar-refractivity contribution in [2.75, 3.05) is 0 Å². The number of amides is 1. The van der Waals surface area contributed by atoms with Gasteiger partial charge in [-0.1, -0.05) is 30.3 Å². The zero-order chi connectivity index (χ0) is 22.7. The normalized spacial score (nSPS) is 12.9. The van der Waals surface area contributed by atoms with Crippen molar-refractivity contribution in [3.05, 3.63) is 75.1 Å². The summed E-state index contributed by atoms with van der Waals surface area (Å²) in [5.74, 6) is -1.29. The Balaban J connectivity index is 1.77. The smallest absolute Gasteiger partial charge is 0.339 e. The predicted octanol–water partition coefficient (Wildman–Crippen LogP) is 3.30. The summed E-state index contributed by atoms with van der Waals surface area (Å²) in [5.41, 5.74) is 2.77. The number of hydrogen-bond acceptors (Lipinski definition) is 5. The Morgan fingerprint density at radius 2 is 1.71 bits per heavy atom. The number of carbonyl (C=O) groups excluding carboxylic acids is 1. The van der Waals surface area contributed by atoms with Crippen molar-refractivity contribution in [1.82, 2.24) is 5.32 Å². The molecule has 3 aromatic rings. The molecule has 0 bridgehead atoms. The summed E-state index contributed by atoms with van der Waals surface area (Å²) in [6.07, 6.45) is -0.792. The maximum absolute atomic E-state index is 12.6. The van der Waals surface area contributed by atoms with Gasteiger partial charge in [0, 0.05) is 22.9 Å². The van der Waals surface area contributed by atoms with Gasteiger partial charge in [-0.15, -0.1) is 0 Å². The molecule has 0 spiro atoms. The van der Waals surface area contributed by atoms with Crippen LogP contribution < -0.4 is 15.7 Å². The molecule has 0 saturated heterocycles. The molecular weight excluding hydrogens is 398 g/mol. The number of aryl methyl sites for hydroxylation is 2. The van der Waals surface area contributed by atoms with E-state index in [4.69, 9.17) is 9.15 Å². The minimum atomic E-state index is -1.13. The number of carboxylic acids is 1. The number of nitrogens with one attached hydrogen (secondary N) is 1. The van der Waals surface area contributed by atoms with Gasteiger partial charge in [-0.05, 0) is 51.0 Å². The fraction of sp³-hybridized carbons (Fsp3) is 0.292. The minimum absolute atomic E-state index is 0.160. The molecule has 0 unspecified atom stereocenters. The average Bonchev–Trinajstić information content (AvgIpc) is 2.74. The minimum Gasteiger partial charge on any atom is -0.480 e. The summed E-state index contributed by atoms with van der Waals surface area (Å²) < 4.78 is 11.2. The summed E-state index contributed by atoms with van der Waals surface area (Å²) in [7, 11) is 0. The summed E-state index contributed by atoms with van der Waals surface area (Å²) in [5, 5.41) is 12.8. The Bertz CT molecular complexity index is 1180. The molecule has 0 aliphatic rings. The van der Waals surface area contributed by atoms with Crippen LogP contribution in [0.2, 0.25) is 0 Å². The van der Waals surface area contributed by atoms with Crippen molar-refractivity contribution in [2.45, 2.75) is 46.3 Å². The van der Waals surface area contributed by atoms with Gasteiger partial charge in [0.2, 0.25) is 0 Å². The van der Waals surface area contributed by atoms with Crippen LogP contribution in [0.3, 0.4) is 0 Å². The summed E-state index contributed by atoms with van der Waals surface area (Å²) in [6, 6.07) is 11.5. The van der Waals surface area contributed by atoms with E-state index >= 15 is 0 Å². The Kier molecular flexibility index (Phi) is 6.44. The van der Waals surface area contributed by atoms with Crippen molar-refractivity contribution in [1.29, 1.82) is 0 Å². The molecule has 1 amide bonds. The molecule has 2 N–H and O–H groups in total. The molecule has 1 heterocycles. The number of hydrogen-bond donors (Lipinski definition) is 2. The van der Waals surface area contributed by atoms with E-state index in [1.54, 1.807) is 38.1 Å². The van der Waals surface area contributed by atoms with Crippen LogP contribution >= 0.6 is 0 Å². The second kappa shape index (κ2) is 9.04. The molecule has 7 heteroatoms. The van der Waals surface area contributed by atoms with E-state index in [0.717, 1.165) is 16.5 Å². The standard InChI is InChI=1S/C24H25NO6/c1-13-14(2)24(29)31-21-15(3)20(11-10-18(13)21)30-16(4)22(26)25-19(23(27)28)12-17-8-6-5-7-9-17/h5-11,16,19H,12H2,1-4H3,(H,25,26)(H,27,28)/t16-,19-/m0/s1. The van der Waals surface area contributed by atoms with Gasteiger partial charge >= 0.3 is 11.6 Å². The fourth-order valence-corrected chi connectivity index (χ4v) is 3.34. The number of benzene rings is 2. The van der Waals surface area contributed by atoms with E-state index in [-0.39, 0.29) is 6.42 Å². The lowest BCUT2D eigenvalue weighted by molar-refractivity contribution is -0.142. The maximum atomic E-state index is 12.6. The Morgan fingerprint density at radius 1 is 1.03 bits per heavy atom. The first kappa shape index (κ1) is 22.1. The summed E-state index contributed by atoms with van der Waals surface area (Å²) in [4.78, 5) is 36.3. The third-order valence-corrected chi connectivity index (χ3v) is 5.39. The van der Waals surface area contributed by atoms with E-state index in [2.05, 4.69) is 5.32 Å². The van der Waals surface area contributed by atoms with Gasteiger partial charge in [-0.25, -0.2) is 9.59 Å². The number of aliphatic carboxylic acids is 1. The van der Waals surface area contributed by atoms with Crippen LogP contribution in [0, 0.1) is 20.8 Å². The van der Waals surface area contributed by atoms with Gasteiger partial charge < -0.3 is 19.6 Å². The van der Waals surface area contributed by atoms with E-state index in [1.165, 1.54) is 6.92 Å². The Labute approximate surface area is 179 Å². The zero-order valence-corrected chi connectivity index (χ0v) is 17.9. The number of carbonyl (C=O) groups is 2. The van der Waals surface area contributed by atoms with Crippen molar-refractivity contribution in [3.63, 3.8) is 0 Å². The van der Waals surface area contributed by atoms with Crippen LogP contribution in [0.1, 0.15) is 29.2 Å². The lowest BCUT2D eigenvalue weighted by Gasteiger charge is -2.20. The quantitative estimate of drug-likeness (QED) is 0.565. The average molecular weight is 423 g/mol. The third kappa shape index (κ3) is 4.77. The topological polar surface area (TPSA) is 106 Å².